The van der Waals surface area contributed by atoms with E-state index in [4.69, 9.17) is 17.2 Å². The van der Waals surface area contributed by atoms with Crippen molar-refractivity contribution < 1.29 is 72.9 Å². The number of benzene rings is 2. The number of fused-ring (bicyclic) bond motifs is 1. The summed E-state index contributed by atoms with van der Waals surface area (Å²) in [5.74, 6) is -9.03. The van der Waals surface area contributed by atoms with Crippen LogP contribution in [0.4, 0.5) is 0 Å². The summed E-state index contributed by atoms with van der Waals surface area (Å²) in [6.45, 7) is -0.635. The number of carboxylic acid groups (broad SMARTS) is 1. The van der Waals surface area contributed by atoms with E-state index < -0.39 is 139 Å². The molecule has 0 bridgehead atoms. The molecule has 3 fully saturated rings. The Kier molecular flexibility index (Phi) is 23.9. The third kappa shape index (κ3) is 17.8. The van der Waals surface area contributed by atoms with Crippen LogP contribution in [0.25, 0.3) is 10.9 Å². The van der Waals surface area contributed by atoms with Gasteiger partial charge in [0.1, 0.15) is 60.6 Å². The number of nitrogens with two attached hydrogens (primary N) is 3. The molecular formula is C55H74N12O15S. The van der Waals surface area contributed by atoms with Gasteiger partial charge in [-0.3, -0.25) is 47.9 Å². The molecule has 0 aliphatic carbocycles. The number of nitrogens with one attached hydrogen (secondary N) is 6. The van der Waals surface area contributed by atoms with Crippen LogP contribution in [0.1, 0.15) is 75.3 Å². The SMILES string of the molecule is NCC[C@H](C=O)CSCC(=O)NC(Cc1ccc(O)cc1)C(=O)N1CCCCC1C(=O)N[C@@H](CC(N)=O)C(=O)N1CCCC1C(=O)N[C@@H](CN)C(=O)NC(CCC(=O)O)C(=O)N1C[C@H](O)CC1C(=O)N[C@H](C=O)Cc1c[nH]c2ccccc12. The predicted molar refractivity (Wildman–Crippen MR) is 300 cm³/mol. The molecule has 5 unspecified atom stereocenters. The van der Waals surface area contributed by atoms with Gasteiger partial charge in [-0.2, -0.15) is 11.8 Å². The van der Waals surface area contributed by atoms with Crippen molar-refractivity contribution in [1.82, 2.24) is 46.3 Å². The highest BCUT2D eigenvalue weighted by molar-refractivity contribution is 7.99. The molecule has 3 aliphatic rings. The number of aliphatic carboxylic acids is 1. The number of carbonyl (C=O) groups is 12. The minimum Gasteiger partial charge on any atom is -0.508 e. The highest BCUT2D eigenvalue weighted by Gasteiger charge is 2.45. The van der Waals surface area contributed by atoms with Gasteiger partial charge in [-0.15, -0.1) is 0 Å². The predicted octanol–water partition coefficient (Wildman–Crippen LogP) is -2.79. The number of carboxylic acids is 1. The van der Waals surface area contributed by atoms with Gasteiger partial charge >= 0.3 is 5.97 Å². The van der Waals surface area contributed by atoms with Crippen LogP contribution in [-0.2, 0) is 70.4 Å². The Morgan fingerprint density at radius 3 is 2.00 bits per heavy atom. The third-order valence-corrected chi connectivity index (χ3v) is 16.0. The van der Waals surface area contributed by atoms with Crippen molar-refractivity contribution in [1.29, 1.82) is 0 Å². The summed E-state index contributed by atoms with van der Waals surface area (Å²) in [5.41, 5.74) is 19.3. The zero-order valence-corrected chi connectivity index (χ0v) is 46.6. The van der Waals surface area contributed by atoms with Gasteiger partial charge in [0.05, 0.1) is 24.3 Å². The number of aromatic hydroxyl groups is 1. The van der Waals surface area contributed by atoms with Gasteiger partial charge in [-0.25, -0.2) is 0 Å². The van der Waals surface area contributed by atoms with E-state index in [2.05, 4.69) is 31.6 Å². The van der Waals surface area contributed by atoms with Crippen molar-refractivity contribution in [3.05, 3.63) is 65.9 Å². The Bertz CT molecular complexity index is 2840. The molecule has 28 heteroatoms. The molecule has 0 spiro atoms. The summed E-state index contributed by atoms with van der Waals surface area (Å²) in [4.78, 5) is 167. The highest BCUT2D eigenvalue weighted by atomic mass is 32.2. The number of rotatable bonds is 30. The number of aldehydes is 2. The largest absolute Gasteiger partial charge is 0.508 e. The smallest absolute Gasteiger partial charge is 0.303 e. The van der Waals surface area contributed by atoms with Crippen LogP contribution in [0.15, 0.2) is 54.7 Å². The minimum absolute atomic E-state index is 0.0311. The standard InChI is InChI=1S/C55H74N12O15S/c56-17-16-32(27-68)29-83-30-47(73)61-40(20-31-10-12-35(70)13-11-31)54(81)65-18-4-3-8-43(65)50(77)63-41(23-46(58)72)55(82)66-19-5-9-44(66)51(78)64-42(24-57)49(76)62-39(14-15-48(74)75)53(80)67-26-36(71)22-45(67)52(79)60-34(28-69)21-33-25-59-38-7-2-1-6-37(33)38/h1-2,6-7,10-13,25,27-28,32,34,36,39-45,59,70-71H,3-5,8-9,14-24,26,29-30,56-57H2,(H2,58,72)(H,60,79)(H,61,73)(H,62,76)(H,63,77)(H,64,78)(H,74,75)/t32-,34+,36-,39?,40?,41+,42+,43?,44?,45?/m1/s1. The molecule has 4 heterocycles. The second-order valence-electron chi connectivity index (χ2n) is 20.9. The lowest BCUT2D eigenvalue weighted by molar-refractivity contribution is -0.147. The van der Waals surface area contributed by atoms with Crippen LogP contribution in [0, 0.1) is 5.92 Å². The summed E-state index contributed by atoms with van der Waals surface area (Å²) >= 11 is 1.18. The molecule has 3 aromatic rings. The molecule has 10 atom stereocenters. The van der Waals surface area contributed by atoms with Crippen molar-refractivity contribution in [3.8, 4) is 5.75 Å². The van der Waals surface area contributed by atoms with Crippen molar-refractivity contribution in [2.45, 2.75) is 131 Å². The number of aromatic nitrogens is 1. The average Bonchev–Trinajstić information content (AvgIpc) is 4.43. The lowest BCUT2D eigenvalue weighted by Gasteiger charge is -2.38. The molecule has 450 valence electrons. The number of aliphatic hydroxyl groups excluding tert-OH is 1. The third-order valence-electron chi connectivity index (χ3n) is 14.9. The van der Waals surface area contributed by atoms with E-state index in [9.17, 15) is 72.9 Å². The fourth-order valence-electron chi connectivity index (χ4n) is 10.6. The summed E-state index contributed by atoms with van der Waals surface area (Å²) in [5, 5.41) is 43.9. The Balaban J connectivity index is 1.11. The molecule has 3 saturated heterocycles. The maximum atomic E-state index is 14.5. The quantitative estimate of drug-likeness (QED) is 0.0300. The maximum Gasteiger partial charge on any atom is 0.303 e. The molecule has 1 aromatic heterocycles. The van der Waals surface area contributed by atoms with E-state index in [1.807, 2.05) is 24.3 Å². The van der Waals surface area contributed by atoms with E-state index in [1.54, 1.807) is 18.3 Å². The Labute approximate surface area is 482 Å². The molecule has 0 radical (unpaired) electrons. The topological polar surface area (TPSA) is 429 Å². The minimum atomic E-state index is -1.64. The van der Waals surface area contributed by atoms with E-state index in [0.717, 1.165) is 32.6 Å². The highest BCUT2D eigenvalue weighted by Crippen LogP contribution is 2.25. The van der Waals surface area contributed by atoms with Crippen LogP contribution < -0.4 is 43.8 Å². The number of carbonyl (C=O) groups excluding carboxylic acids is 11. The van der Waals surface area contributed by atoms with Crippen LogP contribution in [0.3, 0.4) is 0 Å². The van der Waals surface area contributed by atoms with E-state index in [0.29, 0.717) is 36.9 Å². The molecule has 9 amide bonds. The van der Waals surface area contributed by atoms with E-state index in [-0.39, 0.29) is 82.1 Å². The van der Waals surface area contributed by atoms with Crippen LogP contribution in [-0.4, -0.2) is 205 Å². The Hall–Kier alpha value is -7.95. The maximum absolute atomic E-state index is 14.5. The second kappa shape index (κ2) is 30.9. The number of thioether (sulfide) groups is 1. The number of H-pyrrole nitrogens is 1. The van der Waals surface area contributed by atoms with Crippen LogP contribution >= 0.6 is 11.8 Å². The van der Waals surface area contributed by atoms with Gasteiger partial charge in [0, 0.05) is 80.6 Å². The second-order valence-corrected chi connectivity index (χ2v) is 22.0. The van der Waals surface area contributed by atoms with Gasteiger partial charge in [-0.1, -0.05) is 30.3 Å². The fraction of sp³-hybridized carbons (Fsp3) is 0.527. The van der Waals surface area contributed by atoms with Crippen molar-refractivity contribution >= 4 is 94.4 Å². The first-order chi connectivity index (χ1) is 39.7. The first-order valence-electron chi connectivity index (χ1n) is 27.6. The number of hydrogen-bond donors (Lipinski definition) is 12. The van der Waals surface area contributed by atoms with Crippen LogP contribution in [0.5, 0.6) is 5.75 Å². The number of β-amino-alcohol motifs (C(OH)–C–C–N with tert-alkyl or cyclic N) is 1. The number of aliphatic hydroxyl groups is 1. The first-order valence-corrected chi connectivity index (χ1v) is 28.7. The van der Waals surface area contributed by atoms with Gasteiger partial charge in [0.25, 0.3) is 0 Å². The fourth-order valence-corrected chi connectivity index (χ4v) is 11.5. The molecule has 0 saturated carbocycles. The van der Waals surface area contributed by atoms with Crippen molar-refractivity contribution in [2.75, 3.05) is 44.2 Å². The first kappa shape index (κ1) is 64.2. The van der Waals surface area contributed by atoms with Gasteiger partial charge in [0.2, 0.25) is 53.2 Å². The zero-order valence-electron chi connectivity index (χ0n) is 45.8. The Morgan fingerprint density at radius 1 is 0.711 bits per heavy atom. The van der Waals surface area contributed by atoms with E-state index in [1.165, 1.54) is 28.8 Å². The summed E-state index contributed by atoms with van der Waals surface area (Å²) < 4.78 is 0. The summed E-state index contributed by atoms with van der Waals surface area (Å²) in [6.07, 6.45) is 1.57. The summed E-state index contributed by atoms with van der Waals surface area (Å²) in [7, 11) is 0. The number of primary amides is 1. The molecule has 6 rings (SSSR count). The average molecular weight is 1180 g/mol. The number of nitrogens with zero attached hydrogens (tertiary/aromatic N) is 3. The number of amides is 9. The summed E-state index contributed by atoms with van der Waals surface area (Å²) in [6, 6.07) is 2.38. The number of hydrogen-bond acceptors (Lipinski definition) is 17. The number of aromatic amines is 1. The number of phenols is 1. The number of phenolic OH excluding ortho intramolecular Hbond substituents is 1. The van der Waals surface area contributed by atoms with Gasteiger partial charge in [-0.05, 0) is 80.8 Å². The zero-order chi connectivity index (χ0) is 60.3. The number of piperidine rings is 1. The lowest BCUT2D eigenvalue weighted by atomic mass is 9.97. The molecule has 3 aliphatic heterocycles. The monoisotopic (exact) mass is 1170 g/mol. The molecule has 83 heavy (non-hydrogen) atoms. The number of para-hydroxylation sites is 1. The molecular weight excluding hydrogens is 1100 g/mol. The van der Waals surface area contributed by atoms with E-state index >= 15 is 0 Å². The molecule has 15 N–H and O–H groups in total. The Morgan fingerprint density at radius 2 is 1.35 bits per heavy atom. The van der Waals surface area contributed by atoms with Gasteiger partial charge in [0.15, 0.2) is 0 Å². The van der Waals surface area contributed by atoms with Crippen LogP contribution in [0.2, 0.25) is 0 Å². The number of likely N-dealkylation sites (tertiary alicyclic amines) is 3. The molecule has 2 aromatic carbocycles. The molecule has 27 nitrogen and oxygen atoms in total. The normalized spacial score (nSPS) is 20.0. The lowest BCUT2D eigenvalue weighted by Crippen LogP contribution is -2.62. The van der Waals surface area contributed by atoms with Crippen molar-refractivity contribution in [2.24, 2.45) is 23.1 Å². The van der Waals surface area contributed by atoms with Gasteiger partial charge < -0.3 is 88.4 Å². The van der Waals surface area contributed by atoms with Crippen molar-refractivity contribution in [3.63, 3.8) is 0 Å².